The van der Waals surface area contributed by atoms with E-state index >= 15 is 0 Å². The maximum Gasteiger partial charge on any atom is 0.206 e. The van der Waals surface area contributed by atoms with Crippen LogP contribution in [0.2, 0.25) is 0 Å². The van der Waals surface area contributed by atoms with Crippen LogP contribution in [-0.2, 0) is 0 Å². The molecule has 0 aliphatic rings. The minimum absolute atomic E-state index is 0.671. The summed E-state index contributed by atoms with van der Waals surface area (Å²) in [7, 11) is 0. The maximum absolute atomic E-state index is 4.48. The number of fused-ring (bicyclic) bond motifs is 2. The summed E-state index contributed by atoms with van der Waals surface area (Å²) in [6.45, 7) is 1.99. The molecule has 0 fully saturated rings. The van der Waals surface area contributed by atoms with Gasteiger partial charge in [-0.3, -0.25) is 0 Å². The molecule has 0 bridgehead atoms. The first-order valence-electron chi connectivity index (χ1n) is 6.32. The fraction of sp³-hybridized carbons (Fsp3) is 0.0714. The maximum atomic E-state index is 4.48. The number of aromatic nitrogens is 5. The van der Waals surface area contributed by atoms with Gasteiger partial charge in [0.2, 0.25) is 5.95 Å². The molecule has 1 aromatic carbocycles. The number of hydrogen-bond donors (Lipinski definition) is 3. The first-order chi connectivity index (χ1) is 9.79. The molecule has 20 heavy (non-hydrogen) atoms. The number of aromatic amines is 2. The molecule has 3 N–H and O–H groups in total. The molecule has 6 nitrogen and oxygen atoms in total. The van der Waals surface area contributed by atoms with Crippen LogP contribution in [0, 0.1) is 6.92 Å². The Hall–Kier alpha value is -2.89. The Labute approximate surface area is 114 Å². The second kappa shape index (κ2) is 4.06. The van der Waals surface area contributed by atoms with Gasteiger partial charge in [-0.05, 0) is 25.1 Å². The van der Waals surface area contributed by atoms with Crippen molar-refractivity contribution in [1.29, 1.82) is 0 Å². The Kier molecular flexibility index (Phi) is 2.23. The molecular weight excluding hydrogens is 252 g/mol. The number of benzene rings is 1. The van der Waals surface area contributed by atoms with Gasteiger partial charge in [-0.2, -0.15) is 0 Å². The lowest BCUT2D eigenvalue weighted by Gasteiger charge is -2.01. The highest BCUT2D eigenvalue weighted by atomic mass is 15.2. The van der Waals surface area contributed by atoms with Crippen LogP contribution in [0.1, 0.15) is 5.69 Å². The molecule has 4 aromatic rings. The number of imidazole rings is 1. The summed E-state index contributed by atoms with van der Waals surface area (Å²) in [5, 5.41) is 4.16. The number of nitrogens with one attached hydrogen (secondary N) is 3. The number of rotatable bonds is 2. The Morgan fingerprint density at radius 2 is 2.00 bits per heavy atom. The third kappa shape index (κ3) is 1.70. The molecule has 0 aliphatic heterocycles. The minimum atomic E-state index is 0.671. The predicted molar refractivity (Wildman–Crippen MR) is 78.0 cm³/mol. The lowest BCUT2D eigenvalue weighted by atomic mass is 10.3. The Morgan fingerprint density at radius 3 is 2.90 bits per heavy atom. The number of anilines is 2. The SMILES string of the molecule is Cc1cc2c(Nc3nc4ccccc4[nH]3)ncnc2[nH]1. The van der Waals surface area contributed by atoms with Crippen molar-refractivity contribution in [2.24, 2.45) is 0 Å². The van der Waals surface area contributed by atoms with E-state index in [-0.39, 0.29) is 0 Å². The zero-order valence-electron chi connectivity index (χ0n) is 10.8. The highest BCUT2D eigenvalue weighted by Gasteiger charge is 2.08. The van der Waals surface area contributed by atoms with Gasteiger partial charge in [-0.25, -0.2) is 15.0 Å². The van der Waals surface area contributed by atoms with Crippen molar-refractivity contribution in [1.82, 2.24) is 24.9 Å². The Bertz CT molecular complexity index is 871. The van der Waals surface area contributed by atoms with Crippen LogP contribution in [0.4, 0.5) is 11.8 Å². The van der Waals surface area contributed by atoms with Crippen molar-refractivity contribution >= 4 is 33.8 Å². The van der Waals surface area contributed by atoms with E-state index in [4.69, 9.17) is 0 Å². The van der Waals surface area contributed by atoms with Gasteiger partial charge in [-0.1, -0.05) is 12.1 Å². The van der Waals surface area contributed by atoms with Crippen LogP contribution in [-0.4, -0.2) is 24.9 Å². The molecule has 0 unspecified atom stereocenters. The summed E-state index contributed by atoms with van der Waals surface area (Å²) < 4.78 is 0. The number of aryl methyl sites for hydroxylation is 1. The van der Waals surface area contributed by atoms with Crippen LogP contribution >= 0.6 is 0 Å². The van der Waals surface area contributed by atoms with E-state index in [1.807, 2.05) is 37.3 Å². The minimum Gasteiger partial charge on any atom is -0.343 e. The van der Waals surface area contributed by atoms with Gasteiger partial charge in [0.05, 0.1) is 16.4 Å². The van der Waals surface area contributed by atoms with Gasteiger partial charge >= 0.3 is 0 Å². The zero-order valence-corrected chi connectivity index (χ0v) is 10.8. The lowest BCUT2D eigenvalue weighted by Crippen LogP contribution is -1.96. The number of hydrogen-bond acceptors (Lipinski definition) is 4. The molecule has 0 atom stereocenters. The first kappa shape index (κ1) is 11.0. The second-order valence-electron chi connectivity index (χ2n) is 4.66. The van der Waals surface area contributed by atoms with E-state index < -0.39 is 0 Å². The summed E-state index contributed by atoms with van der Waals surface area (Å²) in [6.07, 6.45) is 1.53. The number of H-pyrrole nitrogens is 2. The summed E-state index contributed by atoms with van der Waals surface area (Å²) in [6, 6.07) is 9.91. The van der Waals surface area contributed by atoms with E-state index in [2.05, 4.69) is 30.2 Å². The van der Waals surface area contributed by atoms with Crippen LogP contribution < -0.4 is 5.32 Å². The van der Waals surface area contributed by atoms with Crippen molar-refractivity contribution in [3.63, 3.8) is 0 Å². The second-order valence-corrected chi connectivity index (χ2v) is 4.66. The molecule has 0 radical (unpaired) electrons. The van der Waals surface area contributed by atoms with Crippen molar-refractivity contribution < 1.29 is 0 Å². The molecule has 3 aromatic heterocycles. The summed E-state index contributed by atoms with van der Waals surface area (Å²) >= 11 is 0. The van der Waals surface area contributed by atoms with Crippen molar-refractivity contribution in [3.8, 4) is 0 Å². The molecule has 0 aliphatic carbocycles. The number of nitrogens with zero attached hydrogens (tertiary/aromatic N) is 3. The van der Waals surface area contributed by atoms with E-state index in [0.29, 0.717) is 5.95 Å². The quantitative estimate of drug-likeness (QED) is 0.520. The molecule has 0 spiro atoms. The topological polar surface area (TPSA) is 82.3 Å². The van der Waals surface area contributed by atoms with E-state index in [1.54, 1.807) is 0 Å². The fourth-order valence-corrected chi connectivity index (χ4v) is 2.30. The van der Waals surface area contributed by atoms with Gasteiger partial charge in [0, 0.05) is 5.69 Å². The largest absolute Gasteiger partial charge is 0.343 e. The van der Waals surface area contributed by atoms with Crippen molar-refractivity contribution in [2.75, 3.05) is 5.32 Å². The average Bonchev–Trinajstić information content (AvgIpc) is 3.01. The van der Waals surface area contributed by atoms with Gasteiger partial charge in [0.25, 0.3) is 0 Å². The Morgan fingerprint density at radius 1 is 1.10 bits per heavy atom. The smallest absolute Gasteiger partial charge is 0.206 e. The summed E-state index contributed by atoms with van der Waals surface area (Å²) in [5.41, 5.74) is 3.78. The van der Waals surface area contributed by atoms with E-state index in [0.717, 1.165) is 33.6 Å². The molecule has 0 amide bonds. The molecule has 3 heterocycles. The first-order valence-corrected chi connectivity index (χ1v) is 6.32. The zero-order chi connectivity index (χ0) is 13.5. The normalized spacial score (nSPS) is 11.2. The van der Waals surface area contributed by atoms with Gasteiger partial charge < -0.3 is 15.3 Å². The molecule has 0 saturated carbocycles. The van der Waals surface area contributed by atoms with Crippen molar-refractivity contribution in [2.45, 2.75) is 6.92 Å². The summed E-state index contributed by atoms with van der Waals surface area (Å²) in [4.78, 5) is 19.4. The molecular formula is C14H12N6. The highest BCUT2D eigenvalue weighted by molar-refractivity contribution is 5.89. The Balaban J connectivity index is 1.80. The van der Waals surface area contributed by atoms with Gasteiger partial charge in [-0.15, -0.1) is 0 Å². The fourth-order valence-electron chi connectivity index (χ4n) is 2.30. The van der Waals surface area contributed by atoms with Gasteiger partial charge in [0.1, 0.15) is 17.8 Å². The van der Waals surface area contributed by atoms with Crippen LogP contribution in [0.15, 0.2) is 36.7 Å². The van der Waals surface area contributed by atoms with Gasteiger partial charge in [0.15, 0.2) is 0 Å². The molecule has 6 heteroatoms. The predicted octanol–water partition coefficient (Wildman–Crippen LogP) is 2.89. The third-order valence-corrected chi connectivity index (χ3v) is 3.19. The number of para-hydroxylation sites is 2. The monoisotopic (exact) mass is 264 g/mol. The van der Waals surface area contributed by atoms with E-state index in [9.17, 15) is 0 Å². The van der Waals surface area contributed by atoms with Crippen LogP contribution in [0.3, 0.4) is 0 Å². The standard InChI is InChI=1S/C14H12N6/c1-8-6-9-12(17-8)15-7-16-13(9)20-14-18-10-4-2-3-5-11(10)19-14/h2-7H,1H3,(H3,15,16,17,18,19,20). The highest BCUT2D eigenvalue weighted by Crippen LogP contribution is 2.23. The average molecular weight is 264 g/mol. The molecule has 0 saturated heterocycles. The summed E-state index contributed by atoms with van der Waals surface area (Å²) in [5.74, 6) is 1.41. The third-order valence-electron chi connectivity index (χ3n) is 3.19. The van der Waals surface area contributed by atoms with Crippen LogP contribution in [0.25, 0.3) is 22.1 Å². The van der Waals surface area contributed by atoms with E-state index in [1.165, 1.54) is 6.33 Å². The molecule has 4 rings (SSSR count). The lowest BCUT2D eigenvalue weighted by molar-refractivity contribution is 1.17. The molecule has 98 valence electrons. The van der Waals surface area contributed by atoms with Crippen LogP contribution in [0.5, 0.6) is 0 Å². The van der Waals surface area contributed by atoms with Crippen molar-refractivity contribution in [3.05, 3.63) is 42.4 Å².